The van der Waals surface area contributed by atoms with Gasteiger partial charge in [0, 0.05) is 11.3 Å². The van der Waals surface area contributed by atoms with Crippen LogP contribution < -0.4 is 0 Å². The van der Waals surface area contributed by atoms with E-state index in [1.165, 1.54) is 27.8 Å². The first-order valence-electron chi connectivity index (χ1n) is 7.33. The fraction of sp³-hybridized carbons (Fsp3) is 0.421. The van der Waals surface area contributed by atoms with Crippen LogP contribution in [0.2, 0.25) is 0 Å². The van der Waals surface area contributed by atoms with E-state index >= 15 is 0 Å². The maximum Gasteiger partial charge on any atom is 0.0527 e. The summed E-state index contributed by atoms with van der Waals surface area (Å²) in [7, 11) is 0. The predicted molar refractivity (Wildman–Crippen MR) is 89.4 cm³/mol. The van der Waals surface area contributed by atoms with E-state index in [9.17, 15) is 0 Å². The second kappa shape index (κ2) is 5.40. The van der Waals surface area contributed by atoms with Crippen LogP contribution in [0.4, 0.5) is 0 Å². The maximum absolute atomic E-state index is 4.83. The number of benzene rings is 1. The first-order chi connectivity index (χ1) is 9.29. The minimum Gasteiger partial charge on any atom is -0.284 e. The summed E-state index contributed by atoms with van der Waals surface area (Å²) in [5.74, 6) is 0. The minimum atomic E-state index is -0.0372. The summed E-state index contributed by atoms with van der Waals surface area (Å²) >= 11 is 0. The minimum absolute atomic E-state index is 0.0372. The van der Waals surface area contributed by atoms with Crippen molar-refractivity contribution in [3.8, 4) is 0 Å². The summed E-state index contributed by atoms with van der Waals surface area (Å²) in [4.78, 5) is 4.83. The molecule has 0 spiro atoms. The summed E-state index contributed by atoms with van der Waals surface area (Å²) in [5.41, 5.74) is 7.95. The molecule has 2 rings (SSSR count). The van der Waals surface area contributed by atoms with Crippen LogP contribution in [0.25, 0.3) is 5.57 Å². The van der Waals surface area contributed by atoms with Crippen LogP contribution in [0, 0.1) is 0 Å². The molecule has 1 aromatic carbocycles. The van der Waals surface area contributed by atoms with E-state index in [1.807, 2.05) is 0 Å². The lowest BCUT2D eigenvalue weighted by Crippen LogP contribution is -2.14. The van der Waals surface area contributed by atoms with Gasteiger partial charge < -0.3 is 0 Å². The summed E-state index contributed by atoms with van der Waals surface area (Å²) in [6.45, 7) is 13.0. The number of allylic oxidation sites excluding steroid dienone is 4. The molecule has 1 aliphatic rings. The van der Waals surface area contributed by atoms with Gasteiger partial charge in [0.05, 0.1) is 5.54 Å². The topological polar surface area (TPSA) is 12.4 Å². The number of hydrogen-bond donors (Lipinski definition) is 0. The Balaban J connectivity index is 2.51. The summed E-state index contributed by atoms with van der Waals surface area (Å²) in [6, 6.07) is 8.64. The van der Waals surface area contributed by atoms with Gasteiger partial charge in [0.15, 0.2) is 0 Å². The molecule has 0 saturated carbocycles. The highest BCUT2D eigenvalue weighted by molar-refractivity contribution is 6.03. The predicted octanol–water partition coefficient (Wildman–Crippen LogP) is 5.42. The van der Waals surface area contributed by atoms with Gasteiger partial charge in [-0.1, -0.05) is 35.9 Å². The highest BCUT2D eigenvalue weighted by Crippen LogP contribution is 2.35. The molecule has 1 nitrogen and oxygen atoms in total. The maximum atomic E-state index is 4.83. The first-order valence-corrected chi connectivity index (χ1v) is 7.33. The third kappa shape index (κ3) is 3.09. The van der Waals surface area contributed by atoms with Gasteiger partial charge in [0.1, 0.15) is 0 Å². The van der Waals surface area contributed by atoms with Gasteiger partial charge in [-0.15, -0.1) is 0 Å². The van der Waals surface area contributed by atoms with Crippen LogP contribution in [0.5, 0.6) is 0 Å². The third-order valence-corrected chi connectivity index (χ3v) is 3.80. The van der Waals surface area contributed by atoms with E-state index in [2.05, 4.69) is 71.9 Å². The number of nitrogens with zero attached hydrogens (tertiary/aromatic N) is 1. The van der Waals surface area contributed by atoms with Crippen molar-refractivity contribution in [1.29, 1.82) is 0 Å². The average Bonchev–Trinajstić information content (AvgIpc) is 2.68. The Kier molecular flexibility index (Phi) is 3.99. The monoisotopic (exact) mass is 267 g/mol. The molecule has 20 heavy (non-hydrogen) atoms. The lowest BCUT2D eigenvalue weighted by molar-refractivity contribution is 0.584. The molecule has 0 amide bonds. The quantitative estimate of drug-likeness (QED) is 0.635. The normalized spacial score (nSPS) is 16.7. The standard InChI is InChI=1S/C19H25N/c1-13-11-12-16(14(13)2)18-10-8-7-9-17(18)15(3)20-19(4,5)6/h7-11H,12H2,1-6H3/b20-15+. The zero-order chi connectivity index (χ0) is 14.9. The smallest absolute Gasteiger partial charge is 0.0527 e. The van der Waals surface area contributed by atoms with Gasteiger partial charge in [-0.3, -0.25) is 4.99 Å². The van der Waals surface area contributed by atoms with Crippen LogP contribution >= 0.6 is 0 Å². The Bertz CT molecular complexity index is 607. The average molecular weight is 267 g/mol. The molecule has 0 aromatic heterocycles. The molecule has 0 heterocycles. The summed E-state index contributed by atoms with van der Waals surface area (Å²) in [6.07, 6.45) is 3.36. The Hall–Kier alpha value is -1.63. The lowest BCUT2D eigenvalue weighted by Gasteiger charge is -2.17. The van der Waals surface area contributed by atoms with Crippen molar-refractivity contribution in [2.24, 2.45) is 4.99 Å². The van der Waals surface area contributed by atoms with Crippen LogP contribution in [-0.4, -0.2) is 11.3 Å². The van der Waals surface area contributed by atoms with Crippen molar-refractivity contribution >= 4 is 11.3 Å². The molecule has 0 radical (unpaired) electrons. The zero-order valence-corrected chi connectivity index (χ0v) is 13.5. The number of hydrogen-bond acceptors (Lipinski definition) is 1. The molecule has 0 fully saturated rings. The first kappa shape index (κ1) is 14.8. The zero-order valence-electron chi connectivity index (χ0n) is 13.5. The number of aliphatic imine (C=N–C) groups is 1. The van der Waals surface area contributed by atoms with Gasteiger partial charge in [-0.05, 0) is 64.7 Å². The summed E-state index contributed by atoms with van der Waals surface area (Å²) in [5, 5.41) is 0. The second-order valence-electron chi connectivity index (χ2n) is 6.61. The van der Waals surface area contributed by atoms with Gasteiger partial charge in [0.2, 0.25) is 0 Å². The Labute approximate surface area is 123 Å². The van der Waals surface area contributed by atoms with Crippen molar-refractivity contribution in [3.63, 3.8) is 0 Å². The summed E-state index contributed by atoms with van der Waals surface area (Å²) < 4.78 is 0. The number of rotatable bonds is 2. The van der Waals surface area contributed by atoms with Crippen LogP contribution in [0.15, 0.2) is 46.5 Å². The van der Waals surface area contributed by atoms with Gasteiger partial charge in [-0.2, -0.15) is 0 Å². The molecule has 0 N–H and O–H groups in total. The van der Waals surface area contributed by atoms with Crippen LogP contribution in [-0.2, 0) is 0 Å². The van der Waals surface area contributed by atoms with E-state index in [0.29, 0.717) is 0 Å². The highest BCUT2D eigenvalue weighted by Gasteiger charge is 2.17. The van der Waals surface area contributed by atoms with Crippen molar-refractivity contribution in [3.05, 3.63) is 52.6 Å². The molecule has 1 aromatic rings. The van der Waals surface area contributed by atoms with Crippen LogP contribution in [0.3, 0.4) is 0 Å². The molecule has 0 atom stereocenters. The van der Waals surface area contributed by atoms with E-state index in [4.69, 9.17) is 4.99 Å². The molecule has 1 heteroatoms. The van der Waals surface area contributed by atoms with Crippen molar-refractivity contribution in [2.45, 2.75) is 53.5 Å². The Morgan fingerprint density at radius 2 is 1.75 bits per heavy atom. The molecule has 0 unspecified atom stereocenters. The van der Waals surface area contributed by atoms with Gasteiger partial charge in [-0.25, -0.2) is 0 Å². The SMILES string of the molecule is CC1=CCC(c2ccccc2/C(C)=N/C(C)(C)C)=C1C. The Morgan fingerprint density at radius 3 is 2.30 bits per heavy atom. The third-order valence-electron chi connectivity index (χ3n) is 3.80. The van der Waals surface area contributed by atoms with E-state index in [1.54, 1.807) is 0 Å². The van der Waals surface area contributed by atoms with E-state index in [0.717, 1.165) is 12.1 Å². The Morgan fingerprint density at radius 1 is 1.10 bits per heavy atom. The highest BCUT2D eigenvalue weighted by atomic mass is 14.8. The largest absolute Gasteiger partial charge is 0.284 e. The van der Waals surface area contributed by atoms with E-state index in [-0.39, 0.29) is 5.54 Å². The molecular formula is C19H25N. The molecule has 0 bridgehead atoms. The van der Waals surface area contributed by atoms with Gasteiger partial charge >= 0.3 is 0 Å². The van der Waals surface area contributed by atoms with E-state index < -0.39 is 0 Å². The fourth-order valence-corrected chi connectivity index (χ4v) is 2.74. The van der Waals surface area contributed by atoms with Gasteiger partial charge in [0.25, 0.3) is 0 Å². The molecular weight excluding hydrogens is 242 g/mol. The lowest BCUT2D eigenvalue weighted by atomic mass is 9.93. The molecule has 1 aliphatic carbocycles. The van der Waals surface area contributed by atoms with Crippen molar-refractivity contribution in [2.75, 3.05) is 0 Å². The van der Waals surface area contributed by atoms with Crippen molar-refractivity contribution < 1.29 is 0 Å². The fourth-order valence-electron chi connectivity index (χ4n) is 2.74. The second-order valence-corrected chi connectivity index (χ2v) is 6.61. The molecule has 0 aliphatic heterocycles. The van der Waals surface area contributed by atoms with Crippen LogP contribution in [0.1, 0.15) is 59.1 Å². The molecule has 106 valence electrons. The van der Waals surface area contributed by atoms with Crippen molar-refractivity contribution in [1.82, 2.24) is 0 Å². The molecule has 0 saturated heterocycles.